The smallest absolute Gasteiger partial charge is 0.253 e. The van der Waals surface area contributed by atoms with Gasteiger partial charge in [-0.25, -0.2) is 0 Å². The predicted molar refractivity (Wildman–Crippen MR) is 109 cm³/mol. The van der Waals surface area contributed by atoms with Gasteiger partial charge < -0.3 is 9.88 Å². The van der Waals surface area contributed by atoms with E-state index in [1.165, 1.54) is 0 Å². The number of H-pyrrole nitrogens is 1. The Morgan fingerprint density at radius 2 is 1.78 bits per heavy atom. The summed E-state index contributed by atoms with van der Waals surface area (Å²) in [5.74, 6) is 0.151. The minimum Gasteiger partial charge on any atom is -0.360 e. The summed E-state index contributed by atoms with van der Waals surface area (Å²) in [6, 6.07) is 15.3. The molecule has 0 atom stereocenters. The largest absolute Gasteiger partial charge is 0.360 e. The minimum atomic E-state index is 0.0407. The molecule has 6 heteroatoms. The lowest BCUT2D eigenvalue weighted by Gasteiger charge is -2.34. The van der Waals surface area contributed by atoms with Crippen molar-refractivity contribution in [3.63, 3.8) is 0 Å². The molecule has 3 aromatic rings. The van der Waals surface area contributed by atoms with Crippen molar-refractivity contribution in [2.75, 3.05) is 32.7 Å². The van der Waals surface area contributed by atoms with Crippen molar-refractivity contribution in [2.24, 2.45) is 0 Å². The van der Waals surface area contributed by atoms with E-state index < -0.39 is 0 Å². The van der Waals surface area contributed by atoms with Crippen molar-refractivity contribution in [1.29, 1.82) is 0 Å². The molecule has 1 aliphatic rings. The third kappa shape index (κ3) is 3.82. The van der Waals surface area contributed by atoms with Crippen molar-refractivity contribution in [3.8, 4) is 0 Å². The van der Waals surface area contributed by atoms with Crippen LogP contribution in [0.3, 0.4) is 0 Å². The first kappa shape index (κ1) is 17.9. The molecule has 138 valence electrons. The van der Waals surface area contributed by atoms with Gasteiger partial charge in [-0.1, -0.05) is 40.2 Å². The first-order chi connectivity index (χ1) is 13.1. The van der Waals surface area contributed by atoms with Gasteiger partial charge in [0.25, 0.3) is 5.91 Å². The topological polar surface area (TPSA) is 56.4 Å². The van der Waals surface area contributed by atoms with Gasteiger partial charge in [0.05, 0.1) is 6.54 Å². The van der Waals surface area contributed by atoms with E-state index in [0.29, 0.717) is 38.3 Å². The summed E-state index contributed by atoms with van der Waals surface area (Å²) in [6.07, 6.45) is 1.79. The number of nitrogens with one attached hydrogen (secondary N) is 1. The van der Waals surface area contributed by atoms with Gasteiger partial charge in [-0.3, -0.25) is 14.5 Å². The number of Topliss-reactive ketones (excluding diaryl/α,β-unsaturated/α-hetero) is 1. The van der Waals surface area contributed by atoms with E-state index in [0.717, 1.165) is 20.9 Å². The summed E-state index contributed by atoms with van der Waals surface area (Å²) in [6.45, 7) is 3.04. The number of rotatable bonds is 4. The van der Waals surface area contributed by atoms with E-state index in [1.54, 1.807) is 6.20 Å². The standard InChI is InChI=1S/C21H20BrN3O2/c22-16-5-3-4-15(12-16)21(27)25-10-8-24(9-11-25)14-20(26)18-13-23-19-7-2-1-6-17(18)19/h1-7,12-13,23H,8-11,14H2. The molecule has 1 saturated heterocycles. The SMILES string of the molecule is O=C(CN1CCN(C(=O)c2cccc(Br)c2)CC1)c1c[nH]c2ccccc12. The minimum absolute atomic E-state index is 0.0407. The number of hydrogen-bond donors (Lipinski definition) is 1. The van der Waals surface area contributed by atoms with Gasteiger partial charge in [0, 0.05) is 58.9 Å². The van der Waals surface area contributed by atoms with Crippen LogP contribution in [0, 0.1) is 0 Å². The number of piperazine rings is 1. The number of halogens is 1. The number of fused-ring (bicyclic) bond motifs is 1. The highest BCUT2D eigenvalue weighted by Gasteiger charge is 2.24. The summed E-state index contributed by atoms with van der Waals surface area (Å²) in [5.41, 5.74) is 2.40. The van der Waals surface area contributed by atoms with E-state index >= 15 is 0 Å². The molecule has 0 aliphatic carbocycles. The Morgan fingerprint density at radius 1 is 1.00 bits per heavy atom. The second-order valence-corrected chi connectivity index (χ2v) is 7.67. The molecule has 0 radical (unpaired) electrons. The third-order valence-corrected chi connectivity index (χ3v) is 5.48. The van der Waals surface area contributed by atoms with Crippen molar-refractivity contribution < 1.29 is 9.59 Å². The van der Waals surface area contributed by atoms with Crippen LogP contribution < -0.4 is 0 Å². The molecular weight excluding hydrogens is 406 g/mol. The third-order valence-electron chi connectivity index (χ3n) is 4.99. The number of carbonyl (C=O) groups is 2. The fourth-order valence-electron chi connectivity index (χ4n) is 3.50. The van der Waals surface area contributed by atoms with Crippen LogP contribution in [0.5, 0.6) is 0 Å². The second-order valence-electron chi connectivity index (χ2n) is 6.75. The lowest BCUT2D eigenvalue weighted by atomic mass is 10.1. The molecule has 0 bridgehead atoms. The number of hydrogen-bond acceptors (Lipinski definition) is 3. The van der Waals surface area contributed by atoms with Crippen LogP contribution in [0.25, 0.3) is 10.9 Å². The molecule has 1 fully saturated rings. The highest BCUT2D eigenvalue weighted by Crippen LogP contribution is 2.19. The highest BCUT2D eigenvalue weighted by molar-refractivity contribution is 9.10. The summed E-state index contributed by atoms with van der Waals surface area (Å²) in [5, 5.41) is 0.964. The van der Waals surface area contributed by atoms with Gasteiger partial charge in [0.1, 0.15) is 0 Å². The average Bonchev–Trinajstić information content (AvgIpc) is 3.12. The predicted octanol–water partition coefficient (Wildman–Crippen LogP) is 3.57. The monoisotopic (exact) mass is 425 g/mol. The molecule has 1 aromatic heterocycles. The molecule has 5 nitrogen and oxygen atoms in total. The number of aromatic nitrogens is 1. The maximum Gasteiger partial charge on any atom is 0.253 e. The van der Waals surface area contributed by atoms with Crippen LogP contribution in [0.4, 0.5) is 0 Å². The van der Waals surface area contributed by atoms with Crippen molar-refractivity contribution in [2.45, 2.75) is 0 Å². The molecule has 27 heavy (non-hydrogen) atoms. The summed E-state index contributed by atoms with van der Waals surface area (Å²) >= 11 is 3.41. The summed E-state index contributed by atoms with van der Waals surface area (Å²) < 4.78 is 0.899. The van der Waals surface area contributed by atoms with Gasteiger partial charge in [0.2, 0.25) is 0 Å². The molecule has 0 saturated carbocycles. The number of ketones is 1. The number of nitrogens with zero attached hydrogens (tertiary/aromatic N) is 2. The molecule has 2 heterocycles. The molecule has 1 amide bonds. The molecule has 2 aromatic carbocycles. The van der Waals surface area contributed by atoms with Gasteiger partial charge in [-0.2, -0.15) is 0 Å². The van der Waals surface area contributed by atoms with Gasteiger partial charge in [0.15, 0.2) is 5.78 Å². The van der Waals surface area contributed by atoms with Crippen LogP contribution in [-0.4, -0.2) is 59.2 Å². The normalized spacial score (nSPS) is 15.2. The van der Waals surface area contributed by atoms with E-state index in [-0.39, 0.29) is 11.7 Å². The number of aromatic amines is 1. The van der Waals surface area contributed by atoms with Crippen molar-refractivity contribution >= 4 is 38.5 Å². The summed E-state index contributed by atoms with van der Waals surface area (Å²) in [4.78, 5) is 32.5. The number of para-hydroxylation sites is 1. The quantitative estimate of drug-likeness (QED) is 0.649. The van der Waals surface area contributed by atoms with E-state index in [9.17, 15) is 9.59 Å². The maximum atomic E-state index is 12.7. The maximum absolute atomic E-state index is 12.7. The first-order valence-electron chi connectivity index (χ1n) is 8.98. The Bertz CT molecular complexity index is 990. The zero-order valence-corrected chi connectivity index (χ0v) is 16.4. The first-order valence-corrected chi connectivity index (χ1v) is 9.77. The lowest BCUT2D eigenvalue weighted by molar-refractivity contribution is 0.0624. The fourth-order valence-corrected chi connectivity index (χ4v) is 3.90. The van der Waals surface area contributed by atoms with Crippen LogP contribution in [0.1, 0.15) is 20.7 Å². The van der Waals surface area contributed by atoms with Crippen LogP contribution in [0.15, 0.2) is 59.2 Å². The average molecular weight is 426 g/mol. The summed E-state index contributed by atoms with van der Waals surface area (Å²) in [7, 11) is 0. The number of benzene rings is 2. The van der Waals surface area contributed by atoms with Gasteiger partial charge >= 0.3 is 0 Å². The van der Waals surface area contributed by atoms with E-state index in [2.05, 4.69) is 25.8 Å². The van der Waals surface area contributed by atoms with Crippen LogP contribution in [0.2, 0.25) is 0 Å². The Balaban J connectivity index is 1.37. The molecular formula is C21H20BrN3O2. The fraction of sp³-hybridized carbons (Fsp3) is 0.238. The molecule has 1 aliphatic heterocycles. The zero-order valence-electron chi connectivity index (χ0n) is 14.8. The Morgan fingerprint density at radius 3 is 2.56 bits per heavy atom. The molecule has 0 spiro atoms. The van der Waals surface area contributed by atoms with Crippen LogP contribution in [-0.2, 0) is 0 Å². The molecule has 0 unspecified atom stereocenters. The van der Waals surface area contributed by atoms with Gasteiger partial charge in [-0.15, -0.1) is 0 Å². The van der Waals surface area contributed by atoms with Gasteiger partial charge in [-0.05, 0) is 24.3 Å². The zero-order chi connectivity index (χ0) is 18.8. The number of amides is 1. The van der Waals surface area contributed by atoms with E-state index in [4.69, 9.17) is 0 Å². The Labute approximate surface area is 166 Å². The Kier molecular flexibility index (Phi) is 5.09. The van der Waals surface area contributed by atoms with Crippen molar-refractivity contribution in [1.82, 2.24) is 14.8 Å². The highest BCUT2D eigenvalue weighted by atomic mass is 79.9. The Hall–Kier alpha value is -2.44. The van der Waals surface area contributed by atoms with Crippen LogP contribution >= 0.6 is 15.9 Å². The lowest BCUT2D eigenvalue weighted by Crippen LogP contribution is -2.49. The molecule has 1 N–H and O–H groups in total. The molecule has 4 rings (SSSR count). The van der Waals surface area contributed by atoms with Crippen molar-refractivity contribution in [3.05, 3.63) is 70.3 Å². The number of carbonyl (C=O) groups excluding carboxylic acids is 2. The second kappa shape index (κ2) is 7.66. The van der Waals surface area contributed by atoms with E-state index in [1.807, 2.05) is 53.4 Å².